The molecule has 3 aromatic rings. The van der Waals surface area contributed by atoms with Crippen LogP contribution in [0.2, 0.25) is 0 Å². The molecule has 3 aromatic carbocycles. The summed E-state index contributed by atoms with van der Waals surface area (Å²) < 4.78 is 11.8. The van der Waals surface area contributed by atoms with Crippen LogP contribution in [0.25, 0.3) is 0 Å². The van der Waals surface area contributed by atoms with Gasteiger partial charge in [0.2, 0.25) is 5.91 Å². The minimum atomic E-state index is 0.216. The number of hydrogen-bond acceptors (Lipinski definition) is 5. The molecule has 0 aromatic heterocycles. The monoisotopic (exact) mass is 485 g/mol. The minimum absolute atomic E-state index is 0.216. The average molecular weight is 486 g/mol. The predicted molar refractivity (Wildman–Crippen MR) is 141 cm³/mol. The molecule has 1 amide bonds. The fourth-order valence-electron chi connectivity index (χ4n) is 4.58. The van der Waals surface area contributed by atoms with Crippen molar-refractivity contribution in [2.24, 2.45) is 0 Å². The fraction of sp³-hybridized carbons (Fsp3) is 0.367. The largest absolute Gasteiger partial charge is 0.489 e. The van der Waals surface area contributed by atoms with Gasteiger partial charge < -0.3 is 24.6 Å². The molecule has 188 valence electrons. The van der Waals surface area contributed by atoms with Crippen LogP contribution in [0, 0.1) is 0 Å². The summed E-state index contributed by atoms with van der Waals surface area (Å²) in [5.74, 6) is 2.40. The maximum atomic E-state index is 12.4. The van der Waals surface area contributed by atoms with Crippen molar-refractivity contribution in [2.75, 3.05) is 39.8 Å². The van der Waals surface area contributed by atoms with E-state index in [0.29, 0.717) is 31.7 Å². The topological polar surface area (TPSA) is 54.0 Å². The lowest BCUT2D eigenvalue weighted by atomic mass is 10.1. The standard InChI is InChI=1S/C30H35N3O3/c1-32-15-17-33(18-16-32)30(34)20-31-29-19-28(29)25-9-13-27(14-10-25)36-22-24-7-11-26(12-8-24)35-21-23-5-3-2-4-6-23/h2-14,28-29,31H,15-22H2,1H3. The summed E-state index contributed by atoms with van der Waals surface area (Å²) in [7, 11) is 2.10. The fourth-order valence-corrected chi connectivity index (χ4v) is 4.58. The quantitative estimate of drug-likeness (QED) is 0.469. The minimum Gasteiger partial charge on any atom is -0.489 e. The van der Waals surface area contributed by atoms with Gasteiger partial charge >= 0.3 is 0 Å². The van der Waals surface area contributed by atoms with Crippen LogP contribution in [0.4, 0.5) is 0 Å². The number of amides is 1. The zero-order valence-corrected chi connectivity index (χ0v) is 20.9. The molecule has 1 heterocycles. The number of ether oxygens (including phenoxy) is 2. The molecular weight excluding hydrogens is 450 g/mol. The number of carbonyl (C=O) groups excluding carboxylic acids is 1. The lowest BCUT2D eigenvalue weighted by Gasteiger charge is -2.32. The number of benzene rings is 3. The van der Waals surface area contributed by atoms with E-state index in [1.807, 2.05) is 59.5 Å². The molecule has 0 bridgehead atoms. The Hall–Kier alpha value is -3.35. The van der Waals surface area contributed by atoms with E-state index in [1.165, 1.54) is 5.56 Å². The molecule has 6 heteroatoms. The Morgan fingerprint density at radius 3 is 2.03 bits per heavy atom. The van der Waals surface area contributed by atoms with Gasteiger partial charge in [0, 0.05) is 38.1 Å². The Morgan fingerprint density at radius 1 is 0.806 bits per heavy atom. The van der Waals surface area contributed by atoms with Crippen molar-refractivity contribution in [1.29, 1.82) is 0 Å². The van der Waals surface area contributed by atoms with Crippen LogP contribution in [0.15, 0.2) is 78.9 Å². The molecule has 0 radical (unpaired) electrons. The van der Waals surface area contributed by atoms with E-state index in [1.54, 1.807) is 0 Å². The molecule has 2 aliphatic rings. The second-order valence-corrected chi connectivity index (χ2v) is 9.79. The van der Waals surface area contributed by atoms with Gasteiger partial charge in [-0.3, -0.25) is 4.79 Å². The Morgan fingerprint density at radius 2 is 1.39 bits per heavy atom. The molecule has 1 saturated carbocycles. The molecule has 1 N–H and O–H groups in total. The first-order chi connectivity index (χ1) is 17.6. The lowest BCUT2D eigenvalue weighted by Crippen LogP contribution is -2.49. The molecule has 2 atom stereocenters. The second-order valence-electron chi connectivity index (χ2n) is 9.79. The number of likely N-dealkylation sites (N-methyl/N-ethyl adjacent to an activating group) is 1. The van der Waals surface area contributed by atoms with Crippen LogP contribution in [0.3, 0.4) is 0 Å². The van der Waals surface area contributed by atoms with Crippen molar-refractivity contribution >= 4 is 5.91 Å². The summed E-state index contributed by atoms with van der Waals surface area (Å²) in [6.45, 7) is 5.09. The first-order valence-corrected chi connectivity index (χ1v) is 12.8. The molecule has 6 nitrogen and oxygen atoms in total. The van der Waals surface area contributed by atoms with Crippen molar-refractivity contribution < 1.29 is 14.3 Å². The van der Waals surface area contributed by atoms with Gasteiger partial charge in [0.05, 0.1) is 6.54 Å². The molecule has 2 fully saturated rings. The summed E-state index contributed by atoms with van der Waals surface area (Å²) in [5, 5.41) is 3.45. The van der Waals surface area contributed by atoms with Gasteiger partial charge in [-0.15, -0.1) is 0 Å². The molecule has 2 unspecified atom stereocenters. The van der Waals surface area contributed by atoms with Crippen molar-refractivity contribution in [3.05, 3.63) is 95.6 Å². The van der Waals surface area contributed by atoms with Gasteiger partial charge in [-0.1, -0.05) is 54.6 Å². The van der Waals surface area contributed by atoms with Gasteiger partial charge in [0.1, 0.15) is 24.7 Å². The number of rotatable bonds is 10. The van der Waals surface area contributed by atoms with E-state index >= 15 is 0 Å². The van der Waals surface area contributed by atoms with Crippen LogP contribution in [0.1, 0.15) is 29.0 Å². The van der Waals surface area contributed by atoms with E-state index in [2.05, 4.69) is 41.5 Å². The van der Waals surface area contributed by atoms with Gasteiger partial charge in [-0.05, 0) is 54.4 Å². The van der Waals surface area contributed by atoms with Crippen molar-refractivity contribution in [3.8, 4) is 11.5 Å². The van der Waals surface area contributed by atoms with E-state index in [9.17, 15) is 4.79 Å². The second kappa shape index (κ2) is 11.6. The summed E-state index contributed by atoms with van der Waals surface area (Å²) in [6.07, 6.45) is 1.08. The van der Waals surface area contributed by atoms with Crippen LogP contribution >= 0.6 is 0 Å². The van der Waals surface area contributed by atoms with Crippen LogP contribution in [-0.4, -0.2) is 61.5 Å². The van der Waals surface area contributed by atoms with Crippen LogP contribution < -0.4 is 14.8 Å². The number of nitrogens with zero attached hydrogens (tertiary/aromatic N) is 2. The average Bonchev–Trinajstić information content (AvgIpc) is 3.71. The summed E-state index contributed by atoms with van der Waals surface area (Å²) >= 11 is 0. The number of piperazine rings is 1. The van der Waals surface area contributed by atoms with Crippen molar-refractivity contribution in [2.45, 2.75) is 31.6 Å². The Balaban J connectivity index is 1.02. The molecular formula is C30H35N3O3. The normalized spacial score (nSPS) is 19.6. The van der Waals surface area contributed by atoms with Crippen molar-refractivity contribution in [1.82, 2.24) is 15.1 Å². The highest BCUT2D eigenvalue weighted by Gasteiger charge is 2.38. The Labute approximate surface area is 213 Å². The Kier molecular flexibility index (Phi) is 7.84. The smallest absolute Gasteiger partial charge is 0.236 e. The summed E-state index contributed by atoms with van der Waals surface area (Å²) in [6, 6.07) is 27.0. The number of carbonyl (C=O) groups is 1. The van der Waals surface area contributed by atoms with Crippen LogP contribution in [-0.2, 0) is 18.0 Å². The molecule has 0 spiro atoms. The molecule has 36 heavy (non-hydrogen) atoms. The summed E-state index contributed by atoms with van der Waals surface area (Å²) in [5.41, 5.74) is 3.55. The van der Waals surface area contributed by atoms with E-state index in [-0.39, 0.29) is 5.91 Å². The SMILES string of the molecule is CN1CCN(C(=O)CNC2CC2c2ccc(OCc3ccc(OCc4ccccc4)cc3)cc2)CC1. The Bertz CT molecular complexity index is 1110. The third kappa shape index (κ3) is 6.65. The lowest BCUT2D eigenvalue weighted by molar-refractivity contribution is -0.131. The van der Waals surface area contributed by atoms with Crippen LogP contribution in [0.5, 0.6) is 11.5 Å². The zero-order chi connectivity index (χ0) is 24.7. The highest BCUT2D eigenvalue weighted by molar-refractivity contribution is 5.78. The van der Waals surface area contributed by atoms with Gasteiger partial charge in [-0.25, -0.2) is 0 Å². The molecule has 5 rings (SSSR count). The van der Waals surface area contributed by atoms with Gasteiger partial charge in [0.25, 0.3) is 0 Å². The van der Waals surface area contributed by atoms with E-state index in [0.717, 1.165) is 55.2 Å². The maximum Gasteiger partial charge on any atom is 0.236 e. The van der Waals surface area contributed by atoms with Crippen molar-refractivity contribution in [3.63, 3.8) is 0 Å². The number of hydrogen-bond donors (Lipinski definition) is 1. The highest BCUT2D eigenvalue weighted by atomic mass is 16.5. The third-order valence-corrected chi connectivity index (χ3v) is 7.05. The summed E-state index contributed by atoms with van der Waals surface area (Å²) in [4.78, 5) is 16.7. The maximum absolute atomic E-state index is 12.4. The molecule has 1 aliphatic carbocycles. The van der Waals surface area contributed by atoms with Gasteiger partial charge in [0.15, 0.2) is 0 Å². The van der Waals surface area contributed by atoms with E-state index in [4.69, 9.17) is 9.47 Å². The molecule has 1 aliphatic heterocycles. The highest BCUT2D eigenvalue weighted by Crippen LogP contribution is 2.41. The third-order valence-electron chi connectivity index (χ3n) is 7.05. The predicted octanol–water partition coefficient (Wildman–Crippen LogP) is 4.06. The van der Waals surface area contributed by atoms with E-state index < -0.39 is 0 Å². The van der Waals surface area contributed by atoms with Gasteiger partial charge in [-0.2, -0.15) is 0 Å². The zero-order valence-electron chi connectivity index (χ0n) is 20.9. The molecule has 1 saturated heterocycles. The number of nitrogens with one attached hydrogen (secondary N) is 1. The first kappa shape index (κ1) is 24.3. The first-order valence-electron chi connectivity index (χ1n) is 12.8.